The van der Waals surface area contributed by atoms with Crippen molar-refractivity contribution >= 4 is 74.5 Å². The standard InChI is InChI=1S/C17H21F2I2N3O5/c18-11-8-10(9-12(19)15(11)24(6-4-20)7-5-21)22-17(29)23-13(16(27)28)2-1-3-14(25)26/h8-9,13H,1-7H2,(H,25,26)(H,27,28)(H2,22,23,29)/t13-/m0/s1. The predicted molar refractivity (Wildman–Crippen MR) is 121 cm³/mol. The highest BCUT2D eigenvalue weighted by Crippen LogP contribution is 2.27. The Balaban J connectivity index is 2.85. The van der Waals surface area contributed by atoms with Gasteiger partial charge in [-0.1, -0.05) is 45.2 Å². The lowest BCUT2D eigenvalue weighted by Crippen LogP contribution is -2.43. The third-order valence-corrected chi connectivity index (χ3v) is 4.75. The second-order valence-corrected chi connectivity index (χ2v) is 8.09. The van der Waals surface area contributed by atoms with Crippen LogP contribution in [0.3, 0.4) is 0 Å². The molecule has 12 heteroatoms. The van der Waals surface area contributed by atoms with Crippen molar-refractivity contribution < 1.29 is 33.4 Å². The highest BCUT2D eigenvalue weighted by atomic mass is 127. The van der Waals surface area contributed by atoms with Gasteiger partial charge in [0.15, 0.2) is 11.6 Å². The molecular formula is C17H21F2I2N3O5. The first-order chi connectivity index (χ1) is 13.7. The number of alkyl halides is 2. The van der Waals surface area contributed by atoms with Crippen LogP contribution in [0.1, 0.15) is 19.3 Å². The summed E-state index contributed by atoms with van der Waals surface area (Å²) in [4.78, 5) is 35.3. The molecule has 1 aromatic rings. The van der Waals surface area contributed by atoms with Crippen LogP contribution >= 0.6 is 45.2 Å². The highest BCUT2D eigenvalue weighted by molar-refractivity contribution is 14.1. The number of hydrogen-bond donors (Lipinski definition) is 4. The van der Waals surface area contributed by atoms with Crippen LogP contribution in [0, 0.1) is 11.6 Å². The minimum Gasteiger partial charge on any atom is -0.481 e. The molecule has 0 aliphatic heterocycles. The number of carbonyl (C=O) groups excluding carboxylic acids is 1. The number of carboxylic acid groups (broad SMARTS) is 2. The van der Waals surface area contributed by atoms with Crippen molar-refractivity contribution in [2.45, 2.75) is 25.3 Å². The molecule has 0 saturated carbocycles. The Labute approximate surface area is 193 Å². The third kappa shape index (κ3) is 8.84. The lowest BCUT2D eigenvalue weighted by molar-refractivity contribution is -0.140. The molecular weight excluding hydrogens is 618 g/mol. The van der Waals surface area contributed by atoms with Gasteiger partial charge in [0.1, 0.15) is 11.7 Å². The van der Waals surface area contributed by atoms with Gasteiger partial charge < -0.3 is 25.7 Å². The minimum atomic E-state index is -1.34. The largest absolute Gasteiger partial charge is 0.481 e. The van der Waals surface area contributed by atoms with Gasteiger partial charge in [-0.05, 0) is 25.0 Å². The molecule has 0 fully saturated rings. The van der Waals surface area contributed by atoms with Crippen LogP contribution in [-0.4, -0.2) is 56.2 Å². The summed E-state index contributed by atoms with van der Waals surface area (Å²) in [6.07, 6.45) is -0.290. The molecule has 0 bridgehead atoms. The first-order valence-corrected chi connectivity index (χ1v) is 11.6. The number of amides is 2. The summed E-state index contributed by atoms with van der Waals surface area (Å²) >= 11 is 4.22. The molecule has 0 aliphatic rings. The van der Waals surface area contributed by atoms with Crippen LogP contribution in [0.25, 0.3) is 0 Å². The number of carbonyl (C=O) groups is 3. The fourth-order valence-electron chi connectivity index (χ4n) is 2.52. The fraction of sp³-hybridized carbons (Fsp3) is 0.471. The van der Waals surface area contributed by atoms with Crippen molar-refractivity contribution in [2.24, 2.45) is 0 Å². The van der Waals surface area contributed by atoms with E-state index in [1.54, 1.807) is 4.90 Å². The molecule has 162 valence electrons. The van der Waals surface area contributed by atoms with Crippen molar-refractivity contribution in [3.05, 3.63) is 23.8 Å². The molecule has 1 atom stereocenters. The lowest BCUT2D eigenvalue weighted by atomic mass is 10.1. The molecule has 0 saturated heterocycles. The number of carboxylic acids is 2. The van der Waals surface area contributed by atoms with Crippen molar-refractivity contribution in [3.8, 4) is 0 Å². The molecule has 0 spiro atoms. The van der Waals surface area contributed by atoms with Crippen molar-refractivity contribution in [2.75, 3.05) is 32.2 Å². The topological polar surface area (TPSA) is 119 Å². The molecule has 29 heavy (non-hydrogen) atoms. The Morgan fingerprint density at radius 3 is 2.07 bits per heavy atom. The molecule has 2 amide bonds. The van der Waals surface area contributed by atoms with Gasteiger partial charge in [-0.2, -0.15) is 0 Å². The van der Waals surface area contributed by atoms with Crippen LogP contribution in [0.15, 0.2) is 12.1 Å². The van der Waals surface area contributed by atoms with E-state index in [2.05, 4.69) is 55.8 Å². The monoisotopic (exact) mass is 639 g/mol. The van der Waals surface area contributed by atoms with E-state index >= 15 is 0 Å². The molecule has 1 aromatic carbocycles. The van der Waals surface area contributed by atoms with E-state index in [4.69, 9.17) is 10.2 Å². The third-order valence-electron chi connectivity index (χ3n) is 3.79. The maximum atomic E-state index is 14.5. The number of anilines is 2. The fourth-order valence-corrected chi connectivity index (χ4v) is 3.68. The van der Waals surface area contributed by atoms with Gasteiger partial charge in [-0.3, -0.25) is 4.79 Å². The van der Waals surface area contributed by atoms with Crippen LogP contribution in [-0.2, 0) is 9.59 Å². The van der Waals surface area contributed by atoms with E-state index in [0.29, 0.717) is 21.9 Å². The number of benzene rings is 1. The van der Waals surface area contributed by atoms with E-state index in [9.17, 15) is 23.2 Å². The number of rotatable bonds is 12. The number of hydrogen-bond acceptors (Lipinski definition) is 4. The van der Waals surface area contributed by atoms with E-state index < -0.39 is 35.6 Å². The minimum absolute atomic E-state index is 0.0496. The van der Waals surface area contributed by atoms with Crippen LogP contribution in [0.5, 0.6) is 0 Å². The van der Waals surface area contributed by atoms with Crippen molar-refractivity contribution in [1.29, 1.82) is 0 Å². The average molecular weight is 639 g/mol. The molecule has 0 aliphatic carbocycles. The summed E-state index contributed by atoms with van der Waals surface area (Å²) in [5.41, 5.74) is -0.346. The average Bonchev–Trinajstić information content (AvgIpc) is 2.60. The Morgan fingerprint density at radius 1 is 1.07 bits per heavy atom. The SMILES string of the molecule is O=C(O)CCC[C@H](NC(=O)Nc1cc(F)c(N(CCI)CCI)c(F)c1)C(=O)O. The highest BCUT2D eigenvalue weighted by Gasteiger charge is 2.22. The zero-order chi connectivity index (χ0) is 22.0. The zero-order valence-electron chi connectivity index (χ0n) is 15.3. The van der Waals surface area contributed by atoms with Crippen molar-refractivity contribution in [1.82, 2.24) is 5.32 Å². The lowest BCUT2D eigenvalue weighted by Gasteiger charge is -2.24. The summed E-state index contributed by atoms with van der Waals surface area (Å²) in [5.74, 6) is -4.10. The zero-order valence-corrected chi connectivity index (χ0v) is 19.6. The Hall–Kier alpha value is -1.45. The predicted octanol–water partition coefficient (Wildman–Crippen LogP) is 3.47. The summed E-state index contributed by atoms with van der Waals surface area (Å²) in [6, 6.07) is -0.362. The molecule has 0 radical (unpaired) electrons. The Bertz CT molecular complexity index is 710. The Kier molecular flexibility index (Phi) is 11.4. The van der Waals surface area contributed by atoms with E-state index in [0.717, 1.165) is 12.1 Å². The normalized spacial score (nSPS) is 11.6. The van der Waals surface area contributed by atoms with Gasteiger partial charge in [0.05, 0.1) is 0 Å². The maximum Gasteiger partial charge on any atom is 0.326 e. The van der Waals surface area contributed by atoms with Gasteiger partial charge >= 0.3 is 18.0 Å². The van der Waals surface area contributed by atoms with Crippen molar-refractivity contribution in [3.63, 3.8) is 0 Å². The molecule has 0 unspecified atom stereocenters. The van der Waals surface area contributed by atoms with Gasteiger partial charge in [-0.15, -0.1) is 0 Å². The molecule has 1 rings (SSSR count). The maximum absolute atomic E-state index is 14.5. The molecule has 8 nitrogen and oxygen atoms in total. The number of halogens is 4. The van der Waals surface area contributed by atoms with E-state index in [1.807, 2.05) is 0 Å². The van der Waals surface area contributed by atoms with Gasteiger partial charge in [-0.25, -0.2) is 18.4 Å². The Morgan fingerprint density at radius 2 is 1.62 bits per heavy atom. The van der Waals surface area contributed by atoms with E-state index in [-0.39, 0.29) is 30.6 Å². The number of nitrogens with one attached hydrogen (secondary N) is 2. The number of aliphatic carboxylic acids is 2. The first-order valence-electron chi connectivity index (χ1n) is 8.57. The second kappa shape index (κ2) is 13.0. The molecule has 4 N–H and O–H groups in total. The summed E-state index contributed by atoms with van der Waals surface area (Å²) in [7, 11) is 0. The molecule has 0 heterocycles. The second-order valence-electron chi connectivity index (χ2n) is 5.93. The van der Waals surface area contributed by atoms with Gasteiger partial charge in [0.25, 0.3) is 0 Å². The van der Waals surface area contributed by atoms with Gasteiger partial charge in [0, 0.05) is 34.1 Å². The smallest absolute Gasteiger partial charge is 0.326 e. The van der Waals surface area contributed by atoms with Crippen LogP contribution < -0.4 is 15.5 Å². The first kappa shape index (κ1) is 25.6. The number of nitrogens with zero attached hydrogens (tertiary/aromatic N) is 1. The quantitative estimate of drug-likeness (QED) is 0.206. The summed E-state index contributed by atoms with van der Waals surface area (Å²) in [5, 5.41) is 22.1. The number of urea groups is 1. The molecule has 0 aromatic heterocycles. The van der Waals surface area contributed by atoms with E-state index in [1.165, 1.54) is 0 Å². The summed E-state index contributed by atoms with van der Waals surface area (Å²) < 4.78 is 30.3. The van der Waals surface area contributed by atoms with Gasteiger partial charge in [0.2, 0.25) is 0 Å². The summed E-state index contributed by atoms with van der Waals surface area (Å²) in [6.45, 7) is 0.919. The van der Waals surface area contributed by atoms with Crippen LogP contribution in [0.2, 0.25) is 0 Å². The van der Waals surface area contributed by atoms with Crippen LogP contribution in [0.4, 0.5) is 25.0 Å².